The Bertz CT molecular complexity index is 818. The van der Waals surface area contributed by atoms with Crippen LogP contribution in [0.25, 0.3) is 0 Å². The fraction of sp³-hybridized carbons (Fsp3) is 0.435. The van der Waals surface area contributed by atoms with Gasteiger partial charge in [0, 0.05) is 43.8 Å². The van der Waals surface area contributed by atoms with Crippen molar-refractivity contribution in [2.45, 2.75) is 19.0 Å². The number of ether oxygens (including phenoxy) is 3. The van der Waals surface area contributed by atoms with Gasteiger partial charge in [-0.3, -0.25) is 9.69 Å². The predicted octanol–water partition coefficient (Wildman–Crippen LogP) is 2.33. The number of nitrogens with one attached hydrogen (secondary N) is 1. The molecule has 0 saturated carbocycles. The topological polar surface area (TPSA) is 80.3 Å². The zero-order chi connectivity index (χ0) is 21.5. The van der Waals surface area contributed by atoms with Crippen LogP contribution in [0.5, 0.6) is 17.2 Å². The summed E-state index contributed by atoms with van der Waals surface area (Å²) in [6.07, 6.45) is 0.772. The smallest absolute Gasteiger partial charge is 0.251 e. The van der Waals surface area contributed by atoms with E-state index in [4.69, 9.17) is 14.2 Å². The Balaban J connectivity index is 1.68. The summed E-state index contributed by atoms with van der Waals surface area (Å²) in [5, 5.41) is 13.0. The summed E-state index contributed by atoms with van der Waals surface area (Å²) >= 11 is 0. The van der Waals surface area contributed by atoms with Gasteiger partial charge in [-0.25, -0.2) is 0 Å². The number of aliphatic hydroxyl groups is 1. The number of aliphatic hydroxyl groups excluding tert-OH is 1. The molecule has 0 aliphatic carbocycles. The Kier molecular flexibility index (Phi) is 7.54. The first-order valence-electron chi connectivity index (χ1n) is 10.1. The maximum atomic E-state index is 12.9. The highest BCUT2D eigenvalue weighted by Crippen LogP contribution is 2.38. The number of likely N-dealkylation sites (tertiary alicyclic amines) is 1. The second-order valence-electron chi connectivity index (χ2n) is 7.45. The summed E-state index contributed by atoms with van der Waals surface area (Å²) in [6.45, 7) is 2.44. The number of piperidine rings is 1. The van der Waals surface area contributed by atoms with Crippen molar-refractivity contribution in [2.24, 2.45) is 5.92 Å². The zero-order valence-electron chi connectivity index (χ0n) is 17.8. The van der Waals surface area contributed by atoms with Crippen molar-refractivity contribution in [3.8, 4) is 17.2 Å². The third kappa shape index (κ3) is 5.04. The Hall–Kier alpha value is -2.77. The first kappa shape index (κ1) is 21.9. The molecule has 3 rings (SSSR count). The van der Waals surface area contributed by atoms with E-state index in [1.165, 1.54) is 26.9 Å². The van der Waals surface area contributed by atoms with E-state index in [-0.39, 0.29) is 24.5 Å². The van der Waals surface area contributed by atoms with Crippen LogP contribution in [0.3, 0.4) is 0 Å². The van der Waals surface area contributed by atoms with Crippen molar-refractivity contribution in [1.82, 2.24) is 10.2 Å². The summed E-state index contributed by atoms with van der Waals surface area (Å²) in [5.41, 5.74) is 1.67. The second kappa shape index (κ2) is 10.3. The second-order valence-corrected chi connectivity index (χ2v) is 7.45. The van der Waals surface area contributed by atoms with Crippen LogP contribution in [0.2, 0.25) is 0 Å². The molecule has 1 heterocycles. The predicted molar refractivity (Wildman–Crippen MR) is 114 cm³/mol. The number of carbonyl (C=O) groups excluding carboxylic acids is 1. The fourth-order valence-corrected chi connectivity index (χ4v) is 3.93. The number of rotatable bonds is 8. The van der Waals surface area contributed by atoms with Crippen LogP contribution < -0.4 is 19.5 Å². The number of carbonyl (C=O) groups is 1. The highest BCUT2D eigenvalue weighted by Gasteiger charge is 2.30. The molecular weight excluding hydrogens is 384 g/mol. The average Bonchev–Trinajstić information content (AvgIpc) is 2.79. The van der Waals surface area contributed by atoms with E-state index in [1.807, 2.05) is 18.2 Å². The molecule has 2 atom stereocenters. The SMILES string of the molecule is COc1cc(C(=O)N[C@H]2CCN(Cc3ccccc3)C[C@H]2CO)cc(OC)c1OC. The molecule has 0 aromatic heterocycles. The molecule has 162 valence electrons. The highest BCUT2D eigenvalue weighted by atomic mass is 16.5. The standard InChI is InChI=1S/C23H30N2O5/c1-28-20-11-17(12-21(29-2)22(20)30-3)23(27)24-19-9-10-25(14-18(19)15-26)13-16-7-5-4-6-8-16/h4-8,11-12,18-19,26H,9-10,13-15H2,1-3H3,(H,24,27)/t18-,19-/m0/s1. The maximum Gasteiger partial charge on any atom is 0.251 e. The van der Waals surface area contributed by atoms with E-state index in [0.717, 1.165) is 26.1 Å². The molecule has 0 unspecified atom stereocenters. The quantitative estimate of drug-likeness (QED) is 0.690. The lowest BCUT2D eigenvalue weighted by Crippen LogP contribution is -2.51. The lowest BCUT2D eigenvalue weighted by molar-refractivity contribution is 0.0712. The van der Waals surface area contributed by atoms with Gasteiger partial charge in [-0.15, -0.1) is 0 Å². The van der Waals surface area contributed by atoms with Crippen molar-refractivity contribution < 1.29 is 24.1 Å². The van der Waals surface area contributed by atoms with Gasteiger partial charge in [0.2, 0.25) is 5.75 Å². The van der Waals surface area contributed by atoms with Crippen molar-refractivity contribution >= 4 is 5.91 Å². The van der Waals surface area contributed by atoms with Crippen LogP contribution in [-0.2, 0) is 6.54 Å². The van der Waals surface area contributed by atoms with Crippen molar-refractivity contribution in [2.75, 3.05) is 41.0 Å². The van der Waals surface area contributed by atoms with Crippen molar-refractivity contribution in [3.63, 3.8) is 0 Å². The van der Waals surface area contributed by atoms with Gasteiger partial charge in [-0.1, -0.05) is 30.3 Å². The van der Waals surface area contributed by atoms with Crippen LogP contribution in [-0.4, -0.2) is 63.0 Å². The van der Waals surface area contributed by atoms with Crippen LogP contribution in [0.1, 0.15) is 22.3 Å². The Morgan fingerprint density at radius 3 is 2.33 bits per heavy atom. The van der Waals surface area contributed by atoms with Crippen LogP contribution in [0.15, 0.2) is 42.5 Å². The lowest BCUT2D eigenvalue weighted by Gasteiger charge is -2.38. The molecule has 1 aliphatic rings. The number of methoxy groups -OCH3 is 3. The molecule has 0 spiro atoms. The number of benzene rings is 2. The number of hydrogen-bond acceptors (Lipinski definition) is 6. The molecule has 7 heteroatoms. The number of nitrogens with zero attached hydrogens (tertiary/aromatic N) is 1. The third-order valence-corrected chi connectivity index (χ3v) is 5.54. The summed E-state index contributed by atoms with van der Waals surface area (Å²) < 4.78 is 16.0. The maximum absolute atomic E-state index is 12.9. The van der Waals surface area contributed by atoms with E-state index in [1.54, 1.807) is 12.1 Å². The van der Waals surface area contributed by atoms with Gasteiger partial charge in [0.1, 0.15) is 0 Å². The molecule has 1 saturated heterocycles. The molecule has 2 aromatic rings. The molecule has 1 fully saturated rings. The van der Waals surface area contributed by atoms with Gasteiger partial charge in [0.05, 0.1) is 21.3 Å². The summed E-state index contributed by atoms with van der Waals surface area (Å²) in [7, 11) is 4.56. The Morgan fingerprint density at radius 2 is 1.77 bits per heavy atom. The molecule has 7 nitrogen and oxygen atoms in total. The third-order valence-electron chi connectivity index (χ3n) is 5.54. The van der Waals surface area contributed by atoms with Crippen LogP contribution >= 0.6 is 0 Å². The Morgan fingerprint density at radius 1 is 1.10 bits per heavy atom. The van der Waals surface area contributed by atoms with E-state index >= 15 is 0 Å². The van der Waals surface area contributed by atoms with Gasteiger partial charge in [-0.05, 0) is 24.1 Å². The summed E-state index contributed by atoms with van der Waals surface area (Å²) in [6, 6.07) is 13.4. The van der Waals surface area contributed by atoms with Crippen LogP contribution in [0, 0.1) is 5.92 Å². The molecule has 1 aliphatic heterocycles. The highest BCUT2D eigenvalue weighted by molar-refractivity contribution is 5.95. The molecular formula is C23H30N2O5. The molecule has 2 N–H and O–H groups in total. The average molecular weight is 415 g/mol. The molecule has 2 aromatic carbocycles. The largest absolute Gasteiger partial charge is 0.493 e. The minimum atomic E-state index is -0.228. The van der Waals surface area contributed by atoms with E-state index in [0.29, 0.717) is 22.8 Å². The van der Waals surface area contributed by atoms with Crippen LogP contribution in [0.4, 0.5) is 0 Å². The van der Waals surface area contributed by atoms with Gasteiger partial charge in [-0.2, -0.15) is 0 Å². The summed E-state index contributed by atoms with van der Waals surface area (Å²) in [5.74, 6) is 1.04. The van der Waals surface area contributed by atoms with Crippen molar-refractivity contribution in [3.05, 3.63) is 53.6 Å². The van der Waals surface area contributed by atoms with Gasteiger partial charge < -0.3 is 24.6 Å². The zero-order valence-corrected chi connectivity index (χ0v) is 17.8. The lowest BCUT2D eigenvalue weighted by atomic mass is 9.92. The molecule has 30 heavy (non-hydrogen) atoms. The normalized spacial score (nSPS) is 19.2. The number of amides is 1. The Labute approximate surface area is 177 Å². The first-order chi connectivity index (χ1) is 14.6. The minimum Gasteiger partial charge on any atom is -0.493 e. The van der Waals surface area contributed by atoms with Crippen molar-refractivity contribution in [1.29, 1.82) is 0 Å². The van der Waals surface area contributed by atoms with Gasteiger partial charge in [0.15, 0.2) is 11.5 Å². The molecule has 0 bridgehead atoms. The van der Waals surface area contributed by atoms with E-state index in [9.17, 15) is 9.90 Å². The van der Waals surface area contributed by atoms with Gasteiger partial charge >= 0.3 is 0 Å². The minimum absolute atomic E-state index is 0.0193. The van der Waals surface area contributed by atoms with E-state index < -0.39 is 0 Å². The first-order valence-corrected chi connectivity index (χ1v) is 10.1. The fourth-order valence-electron chi connectivity index (χ4n) is 3.93. The van der Waals surface area contributed by atoms with Gasteiger partial charge in [0.25, 0.3) is 5.91 Å². The monoisotopic (exact) mass is 414 g/mol. The molecule has 1 amide bonds. The summed E-state index contributed by atoms with van der Waals surface area (Å²) in [4.78, 5) is 15.2. The van der Waals surface area contributed by atoms with E-state index in [2.05, 4.69) is 22.3 Å². The molecule has 0 radical (unpaired) electrons. The number of hydrogen-bond donors (Lipinski definition) is 2.